The number of aryl methyl sites for hydroxylation is 1. The summed E-state index contributed by atoms with van der Waals surface area (Å²) in [5.74, 6) is 1.04. The van der Waals surface area contributed by atoms with Gasteiger partial charge in [0.1, 0.15) is 5.82 Å². The van der Waals surface area contributed by atoms with E-state index in [0.717, 1.165) is 18.9 Å². The van der Waals surface area contributed by atoms with Gasteiger partial charge in [-0.1, -0.05) is 0 Å². The maximum absolute atomic E-state index is 8.59. The van der Waals surface area contributed by atoms with Gasteiger partial charge in [-0.3, -0.25) is 0 Å². The third-order valence-electron chi connectivity index (χ3n) is 2.76. The second-order valence-electron chi connectivity index (χ2n) is 3.86. The van der Waals surface area contributed by atoms with Crippen LogP contribution in [0.15, 0.2) is 12.4 Å². The van der Waals surface area contributed by atoms with Gasteiger partial charge in [-0.25, -0.2) is 4.98 Å². The molecule has 0 bridgehead atoms. The highest BCUT2D eigenvalue weighted by Gasteiger charge is 2.08. The lowest BCUT2D eigenvalue weighted by Crippen LogP contribution is -2.31. The minimum absolute atomic E-state index is 0.318. The first-order valence-electron chi connectivity index (χ1n) is 5.20. The molecule has 82 valence electrons. The lowest BCUT2D eigenvalue weighted by Gasteiger charge is -2.22. The summed E-state index contributed by atoms with van der Waals surface area (Å²) in [4.78, 5) is 6.36. The van der Waals surface area contributed by atoms with Crippen LogP contribution in [0.1, 0.15) is 19.2 Å². The molecule has 0 radical (unpaired) electrons. The minimum Gasteiger partial charge on any atom is -0.334 e. The fraction of sp³-hybridized carbons (Fsp3) is 0.636. The summed E-state index contributed by atoms with van der Waals surface area (Å²) < 4.78 is 2.12. The van der Waals surface area contributed by atoms with Crippen LogP contribution in [-0.4, -0.2) is 34.1 Å². The smallest absolute Gasteiger partial charge is 0.105 e. The van der Waals surface area contributed by atoms with Crippen LogP contribution >= 0.6 is 0 Å². The molecule has 0 aliphatic heterocycles. The highest BCUT2D eigenvalue weighted by Crippen LogP contribution is 2.01. The number of nitrogens with zero attached hydrogens (tertiary/aromatic N) is 4. The molecule has 1 unspecified atom stereocenters. The van der Waals surface area contributed by atoms with Crippen LogP contribution in [0.4, 0.5) is 0 Å². The molecule has 15 heavy (non-hydrogen) atoms. The van der Waals surface area contributed by atoms with Crippen molar-refractivity contribution in [2.45, 2.75) is 32.9 Å². The number of imidazole rings is 1. The van der Waals surface area contributed by atoms with Crippen LogP contribution in [0.2, 0.25) is 0 Å². The molecule has 1 aromatic heterocycles. The first-order valence-corrected chi connectivity index (χ1v) is 5.20. The Kier molecular flexibility index (Phi) is 4.32. The fourth-order valence-electron chi connectivity index (χ4n) is 1.41. The van der Waals surface area contributed by atoms with Crippen molar-refractivity contribution in [3.63, 3.8) is 0 Å². The lowest BCUT2D eigenvalue weighted by atomic mass is 10.2. The molecule has 0 N–H and O–H groups in total. The topological polar surface area (TPSA) is 44.9 Å². The van der Waals surface area contributed by atoms with E-state index in [4.69, 9.17) is 5.26 Å². The zero-order valence-electron chi connectivity index (χ0n) is 9.64. The summed E-state index contributed by atoms with van der Waals surface area (Å²) in [6, 6.07) is 2.51. The molecule has 0 aliphatic rings. The van der Waals surface area contributed by atoms with E-state index in [0.29, 0.717) is 12.5 Å². The van der Waals surface area contributed by atoms with Crippen LogP contribution in [0, 0.1) is 18.3 Å². The van der Waals surface area contributed by atoms with Crippen molar-refractivity contribution in [3.8, 4) is 6.07 Å². The van der Waals surface area contributed by atoms with Gasteiger partial charge in [-0.15, -0.1) is 0 Å². The summed E-state index contributed by atoms with van der Waals surface area (Å²) in [7, 11) is 2.05. The Balaban J connectivity index is 2.38. The molecule has 0 saturated heterocycles. The SMILES string of the molecule is Cc1nccn1CCN(C)C(C)CC#N. The van der Waals surface area contributed by atoms with Gasteiger partial charge in [0.2, 0.25) is 0 Å². The van der Waals surface area contributed by atoms with Gasteiger partial charge in [0.25, 0.3) is 0 Å². The average Bonchev–Trinajstić information content (AvgIpc) is 2.61. The summed E-state index contributed by atoms with van der Waals surface area (Å²) in [6.45, 7) is 5.95. The van der Waals surface area contributed by atoms with E-state index < -0.39 is 0 Å². The molecule has 0 amide bonds. The van der Waals surface area contributed by atoms with E-state index in [1.54, 1.807) is 0 Å². The molecule has 4 nitrogen and oxygen atoms in total. The van der Waals surface area contributed by atoms with E-state index in [-0.39, 0.29) is 0 Å². The van der Waals surface area contributed by atoms with E-state index in [2.05, 4.69) is 27.4 Å². The van der Waals surface area contributed by atoms with Gasteiger partial charge < -0.3 is 9.47 Å². The van der Waals surface area contributed by atoms with Crippen LogP contribution in [0.5, 0.6) is 0 Å². The lowest BCUT2D eigenvalue weighted by molar-refractivity contribution is 0.250. The molecule has 0 fully saturated rings. The normalized spacial score (nSPS) is 12.7. The number of hydrogen-bond donors (Lipinski definition) is 0. The van der Waals surface area contributed by atoms with Gasteiger partial charge >= 0.3 is 0 Å². The summed E-state index contributed by atoms with van der Waals surface area (Å²) in [5, 5.41) is 8.59. The summed E-state index contributed by atoms with van der Waals surface area (Å²) in [6.07, 6.45) is 4.38. The maximum Gasteiger partial charge on any atom is 0.105 e. The molecule has 1 heterocycles. The van der Waals surface area contributed by atoms with Crippen molar-refractivity contribution in [1.29, 1.82) is 5.26 Å². The molecule has 1 aromatic rings. The highest BCUT2D eigenvalue weighted by molar-refractivity contribution is 4.88. The van der Waals surface area contributed by atoms with E-state index in [9.17, 15) is 0 Å². The average molecular weight is 206 g/mol. The largest absolute Gasteiger partial charge is 0.334 e. The summed E-state index contributed by atoms with van der Waals surface area (Å²) >= 11 is 0. The Hall–Kier alpha value is -1.34. The first-order chi connectivity index (χ1) is 7.15. The molecule has 0 saturated carbocycles. The molecule has 1 rings (SSSR count). The molecule has 1 atom stereocenters. The Bertz CT molecular complexity index is 337. The second-order valence-corrected chi connectivity index (χ2v) is 3.86. The number of nitriles is 1. The molecule has 0 aromatic carbocycles. The molecule has 4 heteroatoms. The van der Waals surface area contributed by atoms with Gasteiger partial charge in [0.15, 0.2) is 0 Å². The van der Waals surface area contributed by atoms with Crippen molar-refractivity contribution < 1.29 is 0 Å². The Morgan fingerprint density at radius 2 is 2.40 bits per heavy atom. The van der Waals surface area contributed by atoms with Crippen LogP contribution in [0.25, 0.3) is 0 Å². The standard InChI is InChI=1S/C11H18N4/c1-10(4-5-12)14(3)8-9-15-7-6-13-11(15)2/h6-7,10H,4,8-9H2,1-3H3. The molecule has 0 spiro atoms. The van der Waals surface area contributed by atoms with E-state index >= 15 is 0 Å². The van der Waals surface area contributed by atoms with Crippen LogP contribution < -0.4 is 0 Å². The molecule has 0 aliphatic carbocycles. The summed E-state index contributed by atoms with van der Waals surface area (Å²) in [5.41, 5.74) is 0. The van der Waals surface area contributed by atoms with Crippen molar-refractivity contribution in [2.75, 3.05) is 13.6 Å². The quantitative estimate of drug-likeness (QED) is 0.732. The minimum atomic E-state index is 0.318. The number of aromatic nitrogens is 2. The van der Waals surface area contributed by atoms with Gasteiger partial charge in [0.05, 0.1) is 12.5 Å². The predicted molar refractivity (Wildman–Crippen MR) is 59.3 cm³/mol. The van der Waals surface area contributed by atoms with Crippen molar-refractivity contribution in [2.24, 2.45) is 0 Å². The third-order valence-corrected chi connectivity index (χ3v) is 2.76. The Morgan fingerprint density at radius 3 is 2.93 bits per heavy atom. The van der Waals surface area contributed by atoms with Crippen LogP contribution in [-0.2, 0) is 6.54 Å². The predicted octanol–water partition coefficient (Wildman–Crippen LogP) is 1.43. The monoisotopic (exact) mass is 206 g/mol. The van der Waals surface area contributed by atoms with Crippen LogP contribution in [0.3, 0.4) is 0 Å². The fourth-order valence-corrected chi connectivity index (χ4v) is 1.41. The number of rotatable bonds is 5. The van der Waals surface area contributed by atoms with Crippen molar-refractivity contribution >= 4 is 0 Å². The van der Waals surface area contributed by atoms with Gasteiger partial charge in [-0.2, -0.15) is 5.26 Å². The Labute approximate surface area is 91.1 Å². The zero-order valence-corrected chi connectivity index (χ0v) is 9.64. The van der Waals surface area contributed by atoms with Crippen molar-refractivity contribution in [1.82, 2.24) is 14.5 Å². The van der Waals surface area contributed by atoms with Gasteiger partial charge in [-0.05, 0) is 20.9 Å². The van der Waals surface area contributed by atoms with E-state index in [1.807, 2.05) is 26.4 Å². The third kappa shape index (κ3) is 3.37. The van der Waals surface area contributed by atoms with Gasteiger partial charge in [0, 0.05) is 31.5 Å². The zero-order chi connectivity index (χ0) is 11.3. The highest BCUT2D eigenvalue weighted by atomic mass is 15.2. The molecular formula is C11H18N4. The van der Waals surface area contributed by atoms with E-state index in [1.165, 1.54) is 0 Å². The maximum atomic E-state index is 8.59. The second kappa shape index (κ2) is 5.52. The number of likely N-dealkylation sites (N-methyl/N-ethyl adjacent to an activating group) is 1. The van der Waals surface area contributed by atoms with Crippen molar-refractivity contribution in [3.05, 3.63) is 18.2 Å². The first kappa shape index (κ1) is 11.7. The Morgan fingerprint density at radius 1 is 1.67 bits per heavy atom. The number of hydrogen-bond acceptors (Lipinski definition) is 3. The molecular weight excluding hydrogens is 188 g/mol.